The summed E-state index contributed by atoms with van der Waals surface area (Å²) in [4.78, 5) is 17.3. The van der Waals surface area contributed by atoms with E-state index in [9.17, 15) is 4.79 Å². The SMILES string of the molecule is COCC1(C(=O)NC(C)c2noc(-c3ccc(Cl)cc3)n2)CCNCC1. The predicted octanol–water partition coefficient (Wildman–Crippen LogP) is 2.58. The van der Waals surface area contributed by atoms with Gasteiger partial charge in [0.2, 0.25) is 5.91 Å². The maximum atomic E-state index is 12.9. The molecule has 26 heavy (non-hydrogen) atoms. The summed E-state index contributed by atoms with van der Waals surface area (Å²) in [5, 5.41) is 10.9. The van der Waals surface area contributed by atoms with Crippen LogP contribution in [0.25, 0.3) is 11.5 Å². The molecule has 1 saturated heterocycles. The molecule has 3 rings (SSSR count). The number of carbonyl (C=O) groups excluding carboxylic acids is 1. The lowest BCUT2D eigenvalue weighted by Crippen LogP contribution is -2.50. The lowest BCUT2D eigenvalue weighted by Gasteiger charge is -2.36. The molecule has 1 fully saturated rings. The largest absolute Gasteiger partial charge is 0.384 e. The van der Waals surface area contributed by atoms with Crippen LogP contribution in [0.5, 0.6) is 0 Å². The van der Waals surface area contributed by atoms with Crippen molar-refractivity contribution in [2.45, 2.75) is 25.8 Å². The minimum absolute atomic E-state index is 0.0359. The molecule has 1 aliphatic rings. The van der Waals surface area contributed by atoms with Crippen molar-refractivity contribution in [3.63, 3.8) is 0 Å². The van der Waals surface area contributed by atoms with Gasteiger partial charge < -0.3 is 19.9 Å². The van der Waals surface area contributed by atoms with E-state index in [2.05, 4.69) is 20.8 Å². The van der Waals surface area contributed by atoms with E-state index in [1.165, 1.54) is 0 Å². The van der Waals surface area contributed by atoms with Crippen LogP contribution in [-0.4, -0.2) is 42.9 Å². The molecule has 1 amide bonds. The highest BCUT2D eigenvalue weighted by atomic mass is 35.5. The van der Waals surface area contributed by atoms with Crippen LogP contribution in [0, 0.1) is 5.41 Å². The van der Waals surface area contributed by atoms with Crippen LogP contribution < -0.4 is 10.6 Å². The van der Waals surface area contributed by atoms with Crippen molar-refractivity contribution < 1.29 is 14.1 Å². The van der Waals surface area contributed by atoms with Crippen molar-refractivity contribution in [1.29, 1.82) is 0 Å². The Hall–Kier alpha value is -1.96. The molecular weight excluding hydrogens is 356 g/mol. The molecule has 7 nitrogen and oxygen atoms in total. The first-order valence-corrected chi connectivity index (χ1v) is 9.02. The first kappa shape index (κ1) is 18.8. The Kier molecular flexibility index (Phi) is 5.90. The third-order valence-corrected chi connectivity index (χ3v) is 4.98. The molecule has 1 unspecified atom stereocenters. The quantitative estimate of drug-likeness (QED) is 0.803. The van der Waals surface area contributed by atoms with Crippen molar-refractivity contribution in [2.75, 3.05) is 26.8 Å². The second-order valence-corrected chi connectivity index (χ2v) is 7.06. The Morgan fingerprint density at radius 3 is 2.73 bits per heavy atom. The van der Waals surface area contributed by atoms with Crippen molar-refractivity contribution in [1.82, 2.24) is 20.8 Å². The molecule has 2 aromatic rings. The average Bonchev–Trinajstić information content (AvgIpc) is 3.13. The van der Waals surface area contributed by atoms with E-state index in [4.69, 9.17) is 20.9 Å². The number of amides is 1. The Bertz CT molecular complexity index is 736. The van der Waals surface area contributed by atoms with E-state index < -0.39 is 5.41 Å². The van der Waals surface area contributed by atoms with Gasteiger partial charge in [0.15, 0.2) is 5.82 Å². The highest BCUT2D eigenvalue weighted by molar-refractivity contribution is 6.30. The number of ether oxygens (including phenoxy) is 1. The maximum absolute atomic E-state index is 12.9. The molecule has 0 radical (unpaired) electrons. The highest BCUT2D eigenvalue weighted by Crippen LogP contribution is 2.30. The van der Waals surface area contributed by atoms with E-state index in [1.807, 2.05) is 19.1 Å². The molecule has 1 aromatic heterocycles. The van der Waals surface area contributed by atoms with E-state index in [0.29, 0.717) is 23.3 Å². The zero-order valence-corrected chi connectivity index (χ0v) is 15.7. The van der Waals surface area contributed by atoms with Gasteiger partial charge in [0.05, 0.1) is 18.1 Å². The number of nitrogens with one attached hydrogen (secondary N) is 2. The standard InChI is InChI=1S/C18H23ClN4O3/c1-12(21-17(24)18(11-25-2)7-9-20-10-8-18)15-22-16(26-23-15)13-3-5-14(19)6-4-13/h3-6,12,20H,7-11H2,1-2H3,(H,21,24). The molecule has 2 N–H and O–H groups in total. The van der Waals surface area contributed by atoms with Crippen molar-refractivity contribution in [3.05, 3.63) is 35.1 Å². The number of hydrogen-bond donors (Lipinski definition) is 2. The number of nitrogens with zero attached hydrogens (tertiary/aromatic N) is 2. The van der Waals surface area contributed by atoms with Crippen LogP contribution in [0.3, 0.4) is 0 Å². The summed E-state index contributed by atoms with van der Waals surface area (Å²) in [6.45, 7) is 3.84. The third-order valence-electron chi connectivity index (χ3n) is 4.73. The highest BCUT2D eigenvalue weighted by Gasteiger charge is 2.40. The maximum Gasteiger partial charge on any atom is 0.257 e. The topological polar surface area (TPSA) is 89.3 Å². The number of hydrogen-bond acceptors (Lipinski definition) is 6. The predicted molar refractivity (Wildman–Crippen MR) is 97.7 cm³/mol. The zero-order chi connectivity index (χ0) is 18.6. The second-order valence-electron chi connectivity index (χ2n) is 6.62. The van der Waals surface area contributed by atoms with Crippen molar-refractivity contribution in [3.8, 4) is 11.5 Å². The lowest BCUT2D eigenvalue weighted by atomic mass is 9.78. The number of methoxy groups -OCH3 is 1. The Labute approximate surface area is 157 Å². The molecule has 0 saturated carbocycles. The second kappa shape index (κ2) is 8.16. The van der Waals surface area contributed by atoms with Gasteiger partial charge in [0.25, 0.3) is 5.89 Å². The van der Waals surface area contributed by atoms with Crippen LogP contribution in [-0.2, 0) is 9.53 Å². The fourth-order valence-corrected chi connectivity index (χ4v) is 3.28. The minimum Gasteiger partial charge on any atom is -0.384 e. The zero-order valence-electron chi connectivity index (χ0n) is 14.9. The molecule has 8 heteroatoms. The van der Waals surface area contributed by atoms with Crippen molar-refractivity contribution >= 4 is 17.5 Å². The van der Waals surface area contributed by atoms with Gasteiger partial charge in [-0.25, -0.2) is 0 Å². The molecule has 1 atom stereocenters. The third kappa shape index (κ3) is 4.06. The summed E-state index contributed by atoms with van der Waals surface area (Å²) < 4.78 is 10.6. The van der Waals surface area contributed by atoms with E-state index >= 15 is 0 Å². The lowest BCUT2D eigenvalue weighted by molar-refractivity contribution is -0.137. The number of piperidine rings is 1. The molecule has 0 bridgehead atoms. The van der Waals surface area contributed by atoms with Gasteiger partial charge in [-0.1, -0.05) is 16.8 Å². The van der Waals surface area contributed by atoms with Crippen LogP contribution in [0.15, 0.2) is 28.8 Å². The summed E-state index contributed by atoms with van der Waals surface area (Å²) in [5.74, 6) is 0.794. The fraction of sp³-hybridized carbons (Fsp3) is 0.500. The fourth-order valence-electron chi connectivity index (χ4n) is 3.15. The Balaban J connectivity index is 1.70. The van der Waals surface area contributed by atoms with Gasteiger partial charge in [0, 0.05) is 17.7 Å². The van der Waals surface area contributed by atoms with E-state index in [1.54, 1.807) is 19.2 Å². The molecule has 0 spiro atoms. The normalized spacial score (nSPS) is 17.7. The average molecular weight is 379 g/mol. The van der Waals surface area contributed by atoms with E-state index in [0.717, 1.165) is 31.5 Å². The van der Waals surface area contributed by atoms with E-state index in [-0.39, 0.29) is 11.9 Å². The van der Waals surface area contributed by atoms with Crippen LogP contribution in [0.4, 0.5) is 0 Å². The minimum atomic E-state index is -0.517. The number of benzene rings is 1. The molecule has 1 aliphatic heterocycles. The smallest absolute Gasteiger partial charge is 0.257 e. The summed E-state index contributed by atoms with van der Waals surface area (Å²) in [6.07, 6.45) is 1.48. The summed E-state index contributed by atoms with van der Waals surface area (Å²) >= 11 is 5.90. The van der Waals surface area contributed by atoms with Crippen LogP contribution in [0.2, 0.25) is 5.02 Å². The molecule has 1 aromatic carbocycles. The Morgan fingerprint density at radius 2 is 2.08 bits per heavy atom. The first-order valence-electron chi connectivity index (χ1n) is 8.64. The number of carbonyl (C=O) groups is 1. The summed E-state index contributed by atoms with van der Waals surface area (Å²) in [6, 6.07) is 6.78. The Morgan fingerprint density at radius 1 is 1.38 bits per heavy atom. The summed E-state index contributed by atoms with van der Waals surface area (Å²) in [5.41, 5.74) is 0.262. The van der Waals surface area contributed by atoms with Gasteiger partial charge >= 0.3 is 0 Å². The molecule has 2 heterocycles. The van der Waals surface area contributed by atoms with Gasteiger partial charge in [-0.3, -0.25) is 4.79 Å². The van der Waals surface area contributed by atoms with Gasteiger partial charge in [-0.15, -0.1) is 0 Å². The molecular formula is C18H23ClN4O3. The first-order chi connectivity index (χ1) is 12.5. The van der Waals surface area contributed by atoms with Crippen molar-refractivity contribution in [2.24, 2.45) is 5.41 Å². The van der Waals surface area contributed by atoms with Gasteiger partial charge in [-0.05, 0) is 57.1 Å². The molecule has 140 valence electrons. The van der Waals surface area contributed by atoms with Gasteiger partial charge in [-0.2, -0.15) is 4.98 Å². The summed E-state index contributed by atoms with van der Waals surface area (Å²) in [7, 11) is 1.62. The number of halogens is 1. The monoisotopic (exact) mass is 378 g/mol. The number of aromatic nitrogens is 2. The molecule has 0 aliphatic carbocycles. The van der Waals surface area contributed by atoms with Crippen LogP contribution >= 0.6 is 11.6 Å². The number of rotatable bonds is 6. The van der Waals surface area contributed by atoms with Gasteiger partial charge in [0.1, 0.15) is 0 Å². The van der Waals surface area contributed by atoms with Crippen LogP contribution in [0.1, 0.15) is 31.6 Å².